The fourth-order valence-corrected chi connectivity index (χ4v) is 6.63. The standard InChI is InChI=1S/C45H86O6/c1-5-7-9-11-13-15-16-17-21-24-28-32-36-43(46)49-39-42(51-45(48)38-34-30-26-19-14-12-10-8-6-2)40-50-44(47)37-33-29-25-22-18-20-23-27-31-35-41(3)4/h41-42H,5-40H2,1-4H3/t42-/m0/s1. The molecular weight excluding hydrogens is 636 g/mol. The number of hydrogen-bond donors (Lipinski definition) is 0. The molecule has 0 saturated carbocycles. The third kappa shape index (κ3) is 39.5. The van der Waals surface area contributed by atoms with Crippen LogP contribution in [0.1, 0.15) is 246 Å². The zero-order chi connectivity index (χ0) is 37.5. The molecule has 0 unspecified atom stereocenters. The van der Waals surface area contributed by atoms with Gasteiger partial charge in [-0.25, -0.2) is 0 Å². The molecule has 0 saturated heterocycles. The number of carbonyl (C=O) groups excluding carboxylic acids is 3. The van der Waals surface area contributed by atoms with Gasteiger partial charge in [0.15, 0.2) is 6.10 Å². The third-order valence-electron chi connectivity index (χ3n) is 10.0. The largest absolute Gasteiger partial charge is 0.462 e. The van der Waals surface area contributed by atoms with Crippen LogP contribution in [0, 0.1) is 5.92 Å². The average Bonchev–Trinajstić information content (AvgIpc) is 3.11. The van der Waals surface area contributed by atoms with E-state index in [0.29, 0.717) is 19.3 Å². The number of ether oxygens (including phenoxy) is 3. The van der Waals surface area contributed by atoms with Crippen LogP contribution in [0.3, 0.4) is 0 Å². The van der Waals surface area contributed by atoms with Crippen molar-refractivity contribution < 1.29 is 28.6 Å². The van der Waals surface area contributed by atoms with Crippen molar-refractivity contribution in [2.24, 2.45) is 5.92 Å². The van der Waals surface area contributed by atoms with E-state index in [2.05, 4.69) is 27.7 Å². The summed E-state index contributed by atoms with van der Waals surface area (Å²) in [6.45, 7) is 8.95. The molecular formula is C45H86O6. The van der Waals surface area contributed by atoms with Gasteiger partial charge in [0, 0.05) is 19.3 Å². The fourth-order valence-electron chi connectivity index (χ4n) is 6.63. The molecule has 0 rings (SSSR count). The SMILES string of the molecule is CCCCCCCCCCCCCCC(=O)OC[C@@H](COC(=O)CCCCCCCCCCCC(C)C)OC(=O)CCCCCCCCCCC. The van der Waals surface area contributed by atoms with Crippen LogP contribution in [0.15, 0.2) is 0 Å². The number of unbranched alkanes of at least 4 members (excludes halogenated alkanes) is 27. The lowest BCUT2D eigenvalue weighted by Crippen LogP contribution is -2.30. The van der Waals surface area contributed by atoms with Crippen molar-refractivity contribution in [1.29, 1.82) is 0 Å². The summed E-state index contributed by atoms with van der Waals surface area (Å²) in [6.07, 6.45) is 38.0. The van der Waals surface area contributed by atoms with Crippen LogP contribution in [-0.4, -0.2) is 37.2 Å². The van der Waals surface area contributed by atoms with Gasteiger partial charge in [-0.15, -0.1) is 0 Å². The summed E-state index contributed by atoms with van der Waals surface area (Å²) in [5, 5.41) is 0. The van der Waals surface area contributed by atoms with E-state index >= 15 is 0 Å². The highest BCUT2D eigenvalue weighted by Gasteiger charge is 2.19. The Morgan fingerprint density at radius 1 is 0.373 bits per heavy atom. The van der Waals surface area contributed by atoms with Crippen molar-refractivity contribution in [1.82, 2.24) is 0 Å². The number of esters is 3. The summed E-state index contributed by atoms with van der Waals surface area (Å²) < 4.78 is 16.7. The average molecular weight is 723 g/mol. The Labute approximate surface area is 317 Å². The molecule has 0 radical (unpaired) electrons. The molecule has 0 bridgehead atoms. The van der Waals surface area contributed by atoms with E-state index in [9.17, 15) is 14.4 Å². The smallest absolute Gasteiger partial charge is 0.306 e. The molecule has 0 aliphatic carbocycles. The van der Waals surface area contributed by atoms with Crippen molar-refractivity contribution in [2.75, 3.05) is 13.2 Å². The highest BCUT2D eigenvalue weighted by molar-refractivity contribution is 5.71. The Morgan fingerprint density at radius 3 is 0.961 bits per heavy atom. The molecule has 1 atom stereocenters. The van der Waals surface area contributed by atoms with Crippen molar-refractivity contribution >= 4 is 17.9 Å². The van der Waals surface area contributed by atoms with Gasteiger partial charge < -0.3 is 14.2 Å². The van der Waals surface area contributed by atoms with E-state index in [1.54, 1.807) is 0 Å². The second kappa shape index (κ2) is 39.6. The van der Waals surface area contributed by atoms with Gasteiger partial charge in [0.05, 0.1) is 0 Å². The van der Waals surface area contributed by atoms with Crippen molar-refractivity contribution in [3.63, 3.8) is 0 Å². The minimum Gasteiger partial charge on any atom is -0.462 e. The molecule has 0 aliphatic rings. The van der Waals surface area contributed by atoms with Crippen molar-refractivity contribution in [3.05, 3.63) is 0 Å². The molecule has 302 valence electrons. The van der Waals surface area contributed by atoms with Crippen LogP contribution >= 0.6 is 0 Å². The summed E-state index contributed by atoms with van der Waals surface area (Å²) in [7, 11) is 0. The quantitative estimate of drug-likeness (QED) is 0.0356. The summed E-state index contributed by atoms with van der Waals surface area (Å²) >= 11 is 0. The first-order valence-electron chi connectivity index (χ1n) is 22.4. The summed E-state index contributed by atoms with van der Waals surface area (Å²) in [4.78, 5) is 37.6. The first kappa shape index (κ1) is 49.4. The molecule has 0 aromatic rings. The molecule has 0 heterocycles. The van der Waals surface area contributed by atoms with Gasteiger partial charge >= 0.3 is 17.9 Å². The Hall–Kier alpha value is -1.59. The maximum Gasteiger partial charge on any atom is 0.306 e. The Balaban J connectivity index is 4.31. The third-order valence-corrected chi connectivity index (χ3v) is 10.0. The molecule has 0 amide bonds. The van der Waals surface area contributed by atoms with Crippen LogP contribution < -0.4 is 0 Å². The highest BCUT2D eigenvalue weighted by Crippen LogP contribution is 2.16. The van der Waals surface area contributed by atoms with Gasteiger partial charge in [0.25, 0.3) is 0 Å². The topological polar surface area (TPSA) is 78.9 Å². The molecule has 6 nitrogen and oxygen atoms in total. The second-order valence-corrected chi connectivity index (χ2v) is 15.8. The van der Waals surface area contributed by atoms with Crippen molar-refractivity contribution in [2.45, 2.75) is 252 Å². The monoisotopic (exact) mass is 723 g/mol. The van der Waals surface area contributed by atoms with Crippen LogP contribution in [0.4, 0.5) is 0 Å². The van der Waals surface area contributed by atoms with Gasteiger partial charge in [-0.05, 0) is 25.2 Å². The zero-order valence-electron chi connectivity index (χ0n) is 34.6. The normalized spacial score (nSPS) is 11.9. The first-order valence-corrected chi connectivity index (χ1v) is 22.4. The molecule has 6 heteroatoms. The summed E-state index contributed by atoms with van der Waals surface area (Å²) in [6, 6.07) is 0. The van der Waals surface area contributed by atoms with Crippen LogP contribution in [-0.2, 0) is 28.6 Å². The molecule has 51 heavy (non-hydrogen) atoms. The van der Waals surface area contributed by atoms with Crippen LogP contribution in [0.2, 0.25) is 0 Å². The van der Waals surface area contributed by atoms with Gasteiger partial charge in [-0.3, -0.25) is 14.4 Å². The Morgan fingerprint density at radius 2 is 0.647 bits per heavy atom. The highest BCUT2D eigenvalue weighted by atomic mass is 16.6. The maximum absolute atomic E-state index is 12.6. The number of carbonyl (C=O) groups is 3. The molecule has 0 aromatic carbocycles. The minimum atomic E-state index is -0.758. The van der Waals surface area contributed by atoms with Crippen LogP contribution in [0.5, 0.6) is 0 Å². The maximum atomic E-state index is 12.6. The predicted molar refractivity (Wildman–Crippen MR) is 215 cm³/mol. The van der Waals surface area contributed by atoms with Gasteiger partial charge in [0.2, 0.25) is 0 Å². The summed E-state index contributed by atoms with van der Waals surface area (Å²) in [5.74, 6) is -0.0499. The minimum absolute atomic E-state index is 0.0641. The Bertz CT molecular complexity index is 766. The van der Waals surface area contributed by atoms with Gasteiger partial charge in [0.1, 0.15) is 13.2 Å². The molecule has 0 aromatic heterocycles. The molecule has 0 N–H and O–H groups in total. The number of hydrogen-bond acceptors (Lipinski definition) is 6. The first-order chi connectivity index (χ1) is 24.9. The summed E-state index contributed by atoms with van der Waals surface area (Å²) in [5.41, 5.74) is 0. The van der Waals surface area contributed by atoms with Gasteiger partial charge in [-0.1, -0.05) is 207 Å². The van der Waals surface area contributed by atoms with E-state index in [1.165, 1.54) is 141 Å². The van der Waals surface area contributed by atoms with Crippen LogP contribution in [0.25, 0.3) is 0 Å². The molecule has 0 fully saturated rings. The van der Waals surface area contributed by atoms with Crippen molar-refractivity contribution in [3.8, 4) is 0 Å². The van der Waals surface area contributed by atoms with Gasteiger partial charge in [-0.2, -0.15) is 0 Å². The van der Waals surface area contributed by atoms with E-state index < -0.39 is 6.10 Å². The van der Waals surface area contributed by atoms with E-state index in [0.717, 1.165) is 63.7 Å². The lowest BCUT2D eigenvalue weighted by Gasteiger charge is -2.18. The number of rotatable bonds is 40. The molecule has 0 aliphatic heterocycles. The lowest BCUT2D eigenvalue weighted by molar-refractivity contribution is -0.167. The second-order valence-electron chi connectivity index (χ2n) is 15.8. The molecule has 0 spiro atoms. The van der Waals surface area contributed by atoms with E-state index in [1.807, 2.05) is 0 Å². The fraction of sp³-hybridized carbons (Fsp3) is 0.933. The zero-order valence-corrected chi connectivity index (χ0v) is 34.6. The predicted octanol–water partition coefficient (Wildman–Crippen LogP) is 13.9. The van der Waals surface area contributed by atoms with E-state index in [-0.39, 0.29) is 31.1 Å². The Kier molecular flexibility index (Phi) is 38.4. The lowest BCUT2D eigenvalue weighted by atomic mass is 10.0. The van der Waals surface area contributed by atoms with E-state index in [4.69, 9.17) is 14.2 Å².